The van der Waals surface area contributed by atoms with Crippen molar-refractivity contribution in [3.05, 3.63) is 0 Å². The Hall–Kier alpha value is -0.570. The first-order valence-electron chi connectivity index (χ1n) is 3.55. The van der Waals surface area contributed by atoms with Crippen LogP contribution in [-0.4, -0.2) is 35.1 Å². The first-order valence-corrected chi connectivity index (χ1v) is 3.55. The van der Waals surface area contributed by atoms with E-state index in [1.807, 2.05) is 6.92 Å². The zero-order valence-corrected chi connectivity index (χ0v) is 6.13. The Kier molecular flexibility index (Phi) is 1.94. The van der Waals surface area contributed by atoms with Gasteiger partial charge in [0.15, 0.2) is 0 Å². The standard InChI is InChI=1S/C7H12NO2/c1-2-7(10)3-4-8(5-7)6-9/h10H,2-5H2,1H3/t7-/m0/s1. The average molecular weight is 142 g/mol. The maximum Gasteiger partial charge on any atom is 0.312 e. The van der Waals surface area contributed by atoms with Gasteiger partial charge in [0.1, 0.15) is 0 Å². The lowest BCUT2D eigenvalue weighted by Gasteiger charge is -2.18. The van der Waals surface area contributed by atoms with Gasteiger partial charge in [0.05, 0.1) is 5.60 Å². The first kappa shape index (κ1) is 7.54. The van der Waals surface area contributed by atoms with Crippen LogP contribution in [0.4, 0.5) is 0 Å². The molecule has 57 valence electrons. The molecule has 1 heterocycles. The minimum atomic E-state index is -0.628. The highest BCUT2D eigenvalue weighted by molar-refractivity contribution is 5.49. The zero-order valence-electron chi connectivity index (χ0n) is 6.13. The Morgan fingerprint density at radius 2 is 2.50 bits per heavy atom. The molecule has 1 saturated heterocycles. The van der Waals surface area contributed by atoms with Crippen molar-refractivity contribution in [2.75, 3.05) is 13.1 Å². The van der Waals surface area contributed by atoms with Gasteiger partial charge in [0.2, 0.25) is 0 Å². The average Bonchev–Trinajstić information content (AvgIpc) is 2.33. The molecule has 1 atom stereocenters. The third-order valence-electron chi connectivity index (χ3n) is 2.12. The lowest BCUT2D eigenvalue weighted by molar-refractivity contribution is 0.0511. The fraction of sp³-hybridized carbons (Fsp3) is 0.857. The first-order chi connectivity index (χ1) is 4.70. The van der Waals surface area contributed by atoms with Gasteiger partial charge in [-0.3, -0.25) is 4.79 Å². The molecule has 0 aromatic heterocycles. The summed E-state index contributed by atoms with van der Waals surface area (Å²) < 4.78 is 0. The predicted octanol–water partition coefficient (Wildman–Crippen LogP) is -0.0996. The van der Waals surface area contributed by atoms with Crippen LogP contribution in [0, 0.1) is 0 Å². The predicted molar refractivity (Wildman–Crippen MR) is 37.1 cm³/mol. The second kappa shape index (κ2) is 2.58. The number of hydrogen-bond acceptors (Lipinski definition) is 2. The number of likely N-dealkylation sites (tertiary alicyclic amines) is 1. The molecule has 0 unspecified atom stereocenters. The summed E-state index contributed by atoms with van der Waals surface area (Å²) >= 11 is 0. The summed E-state index contributed by atoms with van der Waals surface area (Å²) in [7, 11) is 0. The van der Waals surface area contributed by atoms with Gasteiger partial charge < -0.3 is 10.0 Å². The Bertz CT molecular complexity index is 138. The van der Waals surface area contributed by atoms with Crippen molar-refractivity contribution in [3.63, 3.8) is 0 Å². The summed E-state index contributed by atoms with van der Waals surface area (Å²) in [6, 6.07) is 0. The molecular formula is C7H12NO2. The SMILES string of the molecule is CC[C@]1(O)CCN([C]=O)C1. The van der Waals surface area contributed by atoms with Crippen LogP contribution in [0.15, 0.2) is 0 Å². The molecule has 1 radical (unpaired) electrons. The number of hydrogen-bond donors (Lipinski definition) is 1. The Labute approximate surface area is 60.6 Å². The number of amides is 1. The molecule has 10 heavy (non-hydrogen) atoms. The van der Waals surface area contributed by atoms with Crippen LogP contribution < -0.4 is 0 Å². The molecule has 0 spiro atoms. The monoisotopic (exact) mass is 142 g/mol. The number of rotatable bonds is 2. The van der Waals surface area contributed by atoms with Gasteiger partial charge in [-0.1, -0.05) is 6.92 Å². The molecule has 3 heteroatoms. The lowest BCUT2D eigenvalue weighted by atomic mass is 10.0. The summed E-state index contributed by atoms with van der Waals surface area (Å²) in [5.41, 5.74) is -0.628. The second-order valence-electron chi connectivity index (χ2n) is 2.84. The normalized spacial score (nSPS) is 32.8. The van der Waals surface area contributed by atoms with Crippen LogP contribution in [0.2, 0.25) is 0 Å². The fourth-order valence-electron chi connectivity index (χ4n) is 1.22. The molecule has 0 aliphatic carbocycles. The quantitative estimate of drug-likeness (QED) is 0.585. The van der Waals surface area contributed by atoms with Crippen molar-refractivity contribution < 1.29 is 9.90 Å². The van der Waals surface area contributed by atoms with Gasteiger partial charge in [-0.25, -0.2) is 0 Å². The largest absolute Gasteiger partial charge is 0.388 e. The van der Waals surface area contributed by atoms with E-state index in [2.05, 4.69) is 0 Å². The van der Waals surface area contributed by atoms with Crippen molar-refractivity contribution in [2.45, 2.75) is 25.4 Å². The molecule has 1 rings (SSSR count). The second-order valence-corrected chi connectivity index (χ2v) is 2.84. The number of β-amino-alcohol motifs (C(OH)–C–C–N with tert-alkyl or cyclic N) is 1. The van der Waals surface area contributed by atoms with E-state index < -0.39 is 5.60 Å². The van der Waals surface area contributed by atoms with Crippen LogP contribution in [0.25, 0.3) is 0 Å². The number of aliphatic hydroxyl groups is 1. The molecule has 0 aromatic carbocycles. The molecule has 3 nitrogen and oxygen atoms in total. The lowest BCUT2D eigenvalue weighted by Crippen LogP contribution is -2.31. The van der Waals surface area contributed by atoms with Crippen LogP contribution in [0.5, 0.6) is 0 Å². The van der Waals surface area contributed by atoms with Crippen LogP contribution in [-0.2, 0) is 4.79 Å². The van der Waals surface area contributed by atoms with Gasteiger partial charge in [-0.05, 0) is 12.8 Å². The third-order valence-corrected chi connectivity index (χ3v) is 2.12. The zero-order chi connectivity index (χ0) is 7.61. The molecule has 0 aromatic rings. The van der Waals surface area contributed by atoms with Crippen molar-refractivity contribution in [1.29, 1.82) is 0 Å². The molecule has 1 N–H and O–H groups in total. The maximum absolute atomic E-state index is 10.1. The van der Waals surface area contributed by atoms with Crippen LogP contribution in [0.1, 0.15) is 19.8 Å². The molecule has 0 bridgehead atoms. The van der Waals surface area contributed by atoms with Crippen molar-refractivity contribution in [3.8, 4) is 0 Å². The topological polar surface area (TPSA) is 40.5 Å². The summed E-state index contributed by atoms with van der Waals surface area (Å²) in [5, 5.41) is 9.58. The van der Waals surface area contributed by atoms with Crippen molar-refractivity contribution in [1.82, 2.24) is 4.90 Å². The van der Waals surface area contributed by atoms with E-state index in [0.29, 0.717) is 25.9 Å². The smallest absolute Gasteiger partial charge is 0.312 e. The van der Waals surface area contributed by atoms with E-state index in [9.17, 15) is 9.90 Å². The van der Waals surface area contributed by atoms with Gasteiger partial charge >= 0.3 is 6.41 Å². The summed E-state index contributed by atoms with van der Waals surface area (Å²) in [4.78, 5) is 11.6. The minimum absolute atomic E-state index is 0.451. The van der Waals surface area contributed by atoms with Crippen molar-refractivity contribution >= 4 is 6.41 Å². The van der Waals surface area contributed by atoms with Crippen LogP contribution >= 0.6 is 0 Å². The summed E-state index contributed by atoms with van der Waals surface area (Å²) in [6.07, 6.45) is 3.18. The Morgan fingerprint density at radius 3 is 2.80 bits per heavy atom. The number of nitrogens with zero attached hydrogens (tertiary/aromatic N) is 1. The van der Waals surface area contributed by atoms with E-state index in [1.165, 1.54) is 4.90 Å². The highest BCUT2D eigenvalue weighted by atomic mass is 16.3. The molecule has 0 saturated carbocycles. The molecule has 1 fully saturated rings. The highest BCUT2D eigenvalue weighted by Gasteiger charge is 2.33. The molecule has 1 aliphatic rings. The van der Waals surface area contributed by atoms with Gasteiger partial charge in [0.25, 0.3) is 0 Å². The van der Waals surface area contributed by atoms with Gasteiger partial charge in [-0.15, -0.1) is 0 Å². The highest BCUT2D eigenvalue weighted by Crippen LogP contribution is 2.22. The maximum atomic E-state index is 10.1. The van der Waals surface area contributed by atoms with E-state index in [1.54, 1.807) is 6.41 Å². The molecular weight excluding hydrogens is 130 g/mol. The molecule has 1 amide bonds. The number of carbonyl (C=O) groups excluding carboxylic acids is 1. The van der Waals surface area contributed by atoms with Crippen LogP contribution in [0.3, 0.4) is 0 Å². The van der Waals surface area contributed by atoms with Gasteiger partial charge in [-0.2, -0.15) is 0 Å². The van der Waals surface area contributed by atoms with Crippen molar-refractivity contribution in [2.24, 2.45) is 0 Å². The fourth-order valence-corrected chi connectivity index (χ4v) is 1.22. The molecule has 1 aliphatic heterocycles. The summed E-state index contributed by atoms with van der Waals surface area (Å²) in [6.45, 7) is 3.02. The third kappa shape index (κ3) is 1.29. The Balaban J connectivity index is 2.48. The van der Waals surface area contributed by atoms with E-state index in [-0.39, 0.29) is 0 Å². The van der Waals surface area contributed by atoms with E-state index >= 15 is 0 Å². The minimum Gasteiger partial charge on any atom is -0.388 e. The van der Waals surface area contributed by atoms with E-state index in [4.69, 9.17) is 0 Å². The Morgan fingerprint density at radius 1 is 1.80 bits per heavy atom. The summed E-state index contributed by atoms with van der Waals surface area (Å²) in [5.74, 6) is 0. The van der Waals surface area contributed by atoms with Gasteiger partial charge in [0, 0.05) is 13.1 Å². The van der Waals surface area contributed by atoms with E-state index in [0.717, 1.165) is 0 Å².